The molecular weight excluding hydrogens is 296 g/mol. The Bertz CT molecular complexity index is 613. The van der Waals surface area contributed by atoms with Crippen molar-refractivity contribution in [2.24, 2.45) is 0 Å². The van der Waals surface area contributed by atoms with E-state index >= 15 is 0 Å². The maximum atomic E-state index is 13.2. The second-order valence-electron chi connectivity index (χ2n) is 4.86. The van der Waals surface area contributed by atoms with Crippen molar-refractivity contribution in [3.05, 3.63) is 69.0 Å². The molecule has 0 radical (unpaired) electrons. The number of halogens is 3. The predicted octanol–water partition coefficient (Wildman–Crippen LogP) is 5.29. The molecule has 0 aliphatic carbocycles. The number of aryl methyl sites for hydroxylation is 1. The summed E-state index contributed by atoms with van der Waals surface area (Å²) >= 11 is 11.9. The van der Waals surface area contributed by atoms with Crippen molar-refractivity contribution in [2.75, 3.05) is 0 Å². The van der Waals surface area contributed by atoms with Crippen LogP contribution in [0.1, 0.15) is 29.7 Å². The first-order valence-corrected chi connectivity index (χ1v) is 7.16. The summed E-state index contributed by atoms with van der Waals surface area (Å²) in [6, 6.07) is 10.9. The molecule has 0 aliphatic rings. The Hall–Kier alpha value is -1.09. The monoisotopic (exact) mass is 311 g/mol. The molecule has 20 heavy (non-hydrogen) atoms. The van der Waals surface area contributed by atoms with Crippen LogP contribution < -0.4 is 5.32 Å². The molecule has 4 heteroatoms. The Labute approximate surface area is 128 Å². The number of rotatable bonds is 4. The van der Waals surface area contributed by atoms with Gasteiger partial charge in [0, 0.05) is 12.6 Å². The van der Waals surface area contributed by atoms with Crippen molar-refractivity contribution in [3.63, 3.8) is 0 Å². The smallest absolute Gasteiger partial charge is 0.126 e. The van der Waals surface area contributed by atoms with Gasteiger partial charge in [-0.15, -0.1) is 0 Å². The van der Waals surface area contributed by atoms with Crippen LogP contribution in [-0.4, -0.2) is 0 Å². The SMILES string of the molecule is Cc1cc(CNC(C)c2ccc(Cl)c(Cl)c2)ccc1F. The van der Waals surface area contributed by atoms with Crippen molar-refractivity contribution in [1.29, 1.82) is 0 Å². The van der Waals surface area contributed by atoms with Gasteiger partial charge in [0.25, 0.3) is 0 Å². The van der Waals surface area contributed by atoms with E-state index in [1.165, 1.54) is 6.07 Å². The van der Waals surface area contributed by atoms with Crippen LogP contribution in [-0.2, 0) is 6.54 Å². The molecule has 2 rings (SSSR count). The van der Waals surface area contributed by atoms with Gasteiger partial charge >= 0.3 is 0 Å². The second kappa shape index (κ2) is 6.57. The summed E-state index contributed by atoms with van der Waals surface area (Å²) < 4.78 is 13.2. The molecule has 0 saturated carbocycles. The second-order valence-corrected chi connectivity index (χ2v) is 5.67. The highest BCUT2D eigenvalue weighted by atomic mass is 35.5. The molecule has 0 aromatic heterocycles. The molecule has 0 aliphatic heterocycles. The Morgan fingerprint density at radius 2 is 1.85 bits per heavy atom. The van der Waals surface area contributed by atoms with Crippen molar-refractivity contribution in [2.45, 2.75) is 26.4 Å². The molecule has 1 N–H and O–H groups in total. The fourth-order valence-electron chi connectivity index (χ4n) is 1.99. The van der Waals surface area contributed by atoms with Gasteiger partial charge in [-0.05, 0) is 48.7 Å². The molecule has 1 nitrogen and oxygen atoms in total. The van der Waals surface area contributed by atoms with Crippen LogP contribution in [0.3, 0.4) is 0 Å². The van der Waals surface area contributed by atoms with Crippen LogP contribution in [0.2, 0.25) is 10.0 Å². The fraction of sp³-hybridized carbons (Fsp3) is 0.250. The normalized spacial score (nSPS) is 12.4. The quantitative estimate of drug-likeness (QED) is 0.808. The highest BCUT2D eigenvalue weighted by molar-refractivity contribution is 6.42. The topological polar surface area (TPSA) is 12.0 Å². The minimum atomic E-state index is -0.175. The van der Waals surface area contributed by atoms with Crippen molar-refractivity contribution >= 4 is 23.2 Å². The average molecular weight is 312 g/mol. The van der Waals surface area contributed by atoms with E-state index in [9.17, 15) is 4.39 Å². The molecule has 2 aromatic carbocycles. The zero-order valence-corrected chi connectivity index (χ0v) is 12.9. The highest BCUT2D eigenvalue weighted by Crippen LogP contribution is 2.25. The largest absolute Gasteiger partial charge is 0.306 e. The zero-order valence-electron chi connectivity index (χ0n) is 11.4. The third-order valence-corrected chi connectivity index (χ3v) is 4.02. The summed E-state index contributed by atoms with van der Waals surface area (Å²) in [4.78, 5) is 0. The van der Waals surface area contributed by atoms with Crippen LogP contribution in [0.4, 0.5) is 4.39 Å². The fourth-order valence-corrected chi connectivity index (χ4v) is 2.29. The van der Waals surface area contributed by atoms with E-state index < -0.39 is 0 Å². The highest BCUT2D eigenvalue weighted by Gasteiger charge is 2.08. The van der Waals surface area contributed by atoms with E-state index in [0.717, 1.165) is 11.1 Å². The van der Waals surface area contributed by atoms with Crippen LogP contribution in [0, 0.1) is 12.7 Å². The summed E-state index contributed by atoms with van der Waals surface area (Å²) in [5, 5.41) is 4.49. The molecule has 0 saturated heterocycles. The Kier molecular flexibility index (Phi) is 5.03. The average Bonchev–Trinajstić information content (AvgIpc) is 2.43. The van der Waals surface area contributed by atoms with Crippen molar-refractivity contribution in [3.8, 4) is 0 Å². The third kappa shape index (κ3) is 3.72. The van der Waals surface area contributed by atoms with E-state index in [2.05, 4.69) is 12.2 Å². The summed E-state index contributed by atoms with van der Waals surface area (Å²) in [6.45, 7) is 4.49. The number of hydrogen-bond donors (Lipinski definition) is 1. The summed E-state index contributed by atoms with van der Waals surface area (Å²) in [5.74, 6) is -0.175. The summed E-state index contributed by atoms with van der Waals surface area (Å²) in [7, 11) is 0. The van der Waals surface area contributed by atoms with Crippen molar-refractivity contribution < 1.29 is 4.39 Å². The molecule has 2 aromatic rings. The van der Waals surface area contributed by atoms with Crippen LogP contribution in [0.25, 0.3) is 0 Å². The lowest BCUT2D eigenvalue weighted by molar-refractivity contribution is 0.572. The van der Waals surface area contributed by atoms with E-state index in [1.807, 2.05) is 18.2 Å². The number of benzene rings is 2. The summed E-state index contributed by atoms with van der Waals surface area (Å²) in [6.07, 6.45) is 0. The van der Waals surface area contributed by atoms with Gasteiger partial charge in [0.2, 0.25) is 0 Å². The molecule has 0 heterocycles. The third-order valence-electron chi connectivity index (χ3n) is 3.28. The van der Waals surface area contributed by atoms with Gasteiger partial charge in [0.1, 0.15) is 5.82 Å². The maximum Gasteiger partial charge on any atom is 0.126 e. The molecule has 106 valence electrons. The standard InChI is InChI=1S/C16H16Cl2FN/c1-10-7-12(3-6-16(10)19)9-20-11(2)13-4-5-14(17)15(18)8-13/h3-8,11,20H,9H2,1-2H3. The van der Waals surface area contributed by atoms with Gasteiger partial charge in [0.15, 0.2) is 0 Å². The molecule has 1 atom stereocenters. The number of hydrogen-bond acceptors (Lipinski definition) is 1. The first-order chi connectivity index (χ1) is 9.47. The maximum absolute atomic E-state index is 13.2. The molecule has 0 spiro atoms. The lowest BCUT2D eigenvalue weighted by Crippen LogP contribution is -2.18. The van der Waals surface area contributed by atoms with Crippen molar-refractivity contribution in [1.82, 2.24) is 5.32 Å². The van der Waals surface area contributed by atoms with Gasteiger partial charge in [-0.1, -0.05) is 41.4 Å². The zero-order chi connectivity index (χ0) is 14.7. The predicted molar refractivity (Wildman–Crippen MR) is 82.9 cm³/mol. The van der Waals surface area contributed by atoms with E-state index in [-0.39, 0.29) is 11.9 Å². The van der Waals surface area contributed by atoms with Crippen LogP contribution in [0.15, 0.2) is 36.4 Å². The van der Waals surface area contributed by atoms with E-state index in [1.54, 1.807) is 19.1 Å². The first kappa shape index (κ1) is 15.3. The van der Waals surface area contributed by atoms with Gasteiger partial charge in [-0.2, -0.15) is 0 Å². The molecule has 0 amide bonds. The first-order valence-electron chi connectivity index (χ1n) is 6.40. The van der Waals surface area contributed by atoms with Gasteiger partial charge in [-0.3, -0.25) is 0 Å². The minimum absolute atomic E-state index is 0.134. The minimum Gasteiger partial charge on any atom is -0.306 e. The Morgan fingerprint density at radius 3 is 2.50 bits per heavy atom. The lowest BCUT2D eigenvalue weighted by atomic mass is 10.1. The molecular formula is C16H16Cl2FN. The number of nitrogens with one attached hydrogen (secondary N) is 1. The lowest BCUT2D eigenvalue weighted by Gasteiger charge is -2.15. The Morgan fingerprint density at radius 1 is 1.10 bits per heavy atom. The van der Waals surface area contributed by atoms with E-state index in [4.69, 9.17) is 23.2 Å². The van der Waals surface area contributed by atoms with Crippen LogP contribution in [0.5, 0.6) is 0 Å². The Balaban J connectivity index is 2.02. The summed E-state index contributed by atoms with van der Waals surface area (Å²) in [5.41, 5.74) is 2.78. The van der Waals surface area contributed by atoms with Gasteiger partial charge in [-0.25, -0.2) is 4.39 Å². The van der Waals surface area contributed by atoms with Gasteiger partial charge < -0.3 is 5.32 Å². The molecule has 1 unspecified atom stereocenters. The van der Waals surface area contributed by atoms with E-state index in [0.29, 0.717) is 22.2 Å². The van der Waals surface area contributed by atoms with Gasteiger partial charge in [0.05, 0.1) is 10.0 Å². The molecule has 0 fully saturated rings. The van der Waals surface area contributed by atoms with Crippen LogP contribution >= 0.6 is 23.2 Å². The molecule has 0 bridgehead atoms.